The predicted octanol–water partition coefficient (Wildman–Crippen LogP) is 3.70. The van der Waals surface area contributed by atoms with Gasteiger partial charge in [0.2, 0.25) is 0 Å². The molecule has 2 heteroatoms. The van der Waals surface area contributed by atoms with Crippen LogP contribution in [0.1, 0.15) is 57.7 Å². The van der Waals surface area contributed by atoms with Gasteiger partial charge in [-0.2, -0.15) is 0 Å². The third kappa shape index (κ3) is 3.62. The highest BCUT2D eigenvalue weighted by molar-refractivity contribution is 5.34. The fourth-order valence-corrected chi connectivity index (χ4v) is 3.33. The van der Waals surface area contributed by atoms with Crippen LogP contribution in [0.4, 0.5) is 0 Å². The number of rotatable bonds is 5. The summed E-state index contributed by atoms with van der Waals surface area (Å²) >= 11 is 0. The van der Waals surface area contributed by atoms with Gasteiger partial charge in [0.15, 0.2) is 0 Å². The minimum Gasteiger partial charge on any atom is -0.392 e. The van der Waals surface area contributed by atoms with Crippen molar-refractivity contribution in [1.82, 2.24) is 5.32 Å². The first-order valence-corrected chi connectivity index (χ1v) is 7.89. The van der Waals surface area contributed by atoms with Gasteiger partial charge in [0.05, 0.1) is 6.10 Å². The highest BCUT2D eigenvalue weighted by Gasteiger charge is 2.35. The van der Waals surface area contributed by atoms with Crippen LogP contribution >= 0.6 is 0 Å². The van der Waals surface area contributed by atoms with Gasteiger partial charge in [-0.15, -0.1) is 0 Å². The van der Waals surface area contributed by atoms with Crippen LogP contribution in [-0.2, 0) is 6.42 Å². The van der Waals surface area contributed by atoms with E-state index in [1.165, 1.54) is 17.5 Å². The van der Waals surface area contributed by atoms with Gasteiger partial charge in [0.25, 0.3) is 0 Å². The molecule has 20 heavy (non-hydrogen) atoms. The van der Waals surface area contributed by atoms with E-state index in [4.69, 9.17) is 0 Å². The Balaban J connectivity index is 2.08. The molecule has 1 aliphatic carbocycles. The van der Waals surface area contributed by atoms with Crippen LogP contribution in [-0.4, -0.2) is 17.8 Å². The molecule has 2 atom stereocenters. The molecule has 0 heterocycles. The number of hydrogen-bond acceptors (Lipinski definition) is 2. The average molecular weight is 275 g/mol. The van der Waals surface area contributed by atoms with E-state index in [1.807, 2.05) is 0 Å². The van der Waals surface area contributed by atoms with E-state index in [2.05, 4.69) is 57.3 Å². The van der Waals surface area contributed by atoms with E-state index in [1.54, 1.807) is 0 Å². The Morgan fingerprint density at radius 1 is 1.30 bits per heavy atom. The number of aryl methyl sites for hydroxylation is 1. The van der Waals surface area contributed by atoms with E-state index in [9.17, 15) is 5.11 Å². The van der Waals surface area contributed by atoms with Crippen molar-refractivity contribution in [2.75, 3.05) is 6.54 Å². The summed E-state index contributed by atoms with van der Waals surface area (Å²) in [6.07, 6.45) is 2.97. The Morgan fingerprint density at radius 2 is 2.00 bits per heavy atom. The van der Waals surface area contributed by atoms with Crippen molar-refractivity contribution >= 4 is 0 Å². The van der Waals surface area contributed by atoms with Crippen molar-refractivity contribution in [3.8, 4) is 0 Å². The molecule has 0 saturated heterocycles. The first-order chi connectivity index (χ1) is 9.40. The molecular formula is C18H29NO. The van der Waals surface area contributed by atoms with Crippen LogP contribution in [0.5, 0.6) is 0 Å². The first kappa shape index (κ1) is 15.5. The maximum absolute atomic E-state index is 10.1. The molecule has 0 saturated carbocycles. The lowest BCUT2D eigenvalue weighted by molar-refractivity contribution is 0.124. The van der Waals surface area contributed by atoms with Gasteiger partial charge in [0, 0.05) is 12.6 Å². The van der Waals surface area contributed by atoms with Crippen molar-refractivity contribution in [3.63, 3.8) is 0 Å². The summed E-state index contributed by atoms with van der Waals surface area (Å²) in [5.74, 6) is 0.540. The van der Waals surface area contributed by atoms with Crippen molar-refractivity contribution in [2.24, 2.45) is 11.3 Å². The molecule has 2 N–H and O–H groups in total. The van der Waals surface area contributed by atoms with Crippen molar-refractivity contribution in [2.45, 2.75) is 59.1 Å². The predicted molar refractivity (Wildman–Crippen MR) is 84.7 cm³/mol. The number of nitrogens with one attached hydrogen (secondary N) is 1. The molecule has 0 aromatic heterocycles. The summed E-state index contributed by atoms with van der Waals surface area (Å²) in [6, 6.07) is 9.07. The molecule has 0 fully saturated rings. The Kier molecular flexibility index (Phi) is 4.87. The molecular weight excluding hydrogens is 246 g/mol. The number of fused-ring (bicyclic) bond motifs is 1. The second-order valence-corrected chi connectivity index (χ2v) is 7.31. The molecule has 2 nitrogen and oxygen atoms in total. The van der Waals surface area contributed by atoms with Crippen LogP contribution in [0.25, 0.3) is 0 Å². The van der Waals surface area contributed by atoms with E-state index in [-0.39, 0.29) is 11.5 Å². The maximum atomic E-state index is 10.1. The van der Waals surface area contributed by atoms with E-state index >= 15 is 0 Å². The highest BCUT2D eigenvalue weighted by atomic mass is 16.3. The zero-order valence-corrected chi connectivity index (χ0v) is 13.3. The van der Waals surface area contributed by atoms with Gasteiger partial charge in [-0.1, -0.05) is 52.0 Å². The largest absolute Gasteiger partial charge is 0.392 e. The van der Waals surface area contributed by atoms with Crippen LogP contribution in [0.3, 0.4) is 0 Å². The van der Waals surface area contributed by atoms with Gasteiger partial charge in [-0.05, 0) is 41.7 Å². The van der Waals surface area contributed by atoms with Crippen molar-refractivity contribution in [1.29, 1.82) is 0 Å². The standard InChI is InChI=1S/C18H29NO/c1-13(2)11-15(20)12-19-17-16-8-6-5-7-14(16)9-10-18(17,3)4/h5-8,13,15,17,19-20H,9-12H2,1-4H3. The van der Waals surface area contributed by atoms with E-state index in [0.717, 1.165) is 12.8 Å². The monoisotopic (exact) mass is 275 g/mol. The first-order valence-electron chi connectivity index (χ1n) is 7.89. The van der Waals surface area contributed by atoms with E-state index < -0.39 is 0 Å². The Hall–Kier alpha value is -0.860. The zero-order valence-electron chi connectivity index (χ0n) is 13.3. The molecule has 1 aliphatic rings. The fourth-order valence-electron chi connectivity index (χ4n) is 3.33. The molecule has 0 radical (unpaired) electrons. The molecule has 0 bridgehead atoms. The lowest BCUT2D eigenvalue weighted by Gasteiger charge is -2.41. The number of aliphatic hydroxyl groups excluding tert-OH is 1. The van der Waals surface area contributed by atoms with Gasteiger partial charge >= 0.3 is 0 Å². The summed E-state index contributed by atoms with van der Waals surface area (Å²) in [4.78, 5) is 0. The third-order valence-corrected chi connectivity index (χ3v) is 4.49. The summed E-state index contributed by atoms with van der Waals surface area (Å²) < 4.78 is 0. The third-order valence-electron chi connectivity index (χ3n) is 4.49. The van der Waals surface area contributed by atoms with Gasteiger partial charge in [0.1, 0.15) is 0 Å². The van der Waals surface area contributed by atoms with Gasteiger partial charge in [-0.25, -0.2) is 0 Å². The molecule has 2 unspecified atom stereocenters. The Labute approximate surface area is 123 Å². The quantitative estimate of drug-likeness (QED) is 0.859. The second kappa shape index (κ2) is 6.28. The summed E-state index contributed by atoms with van der Waals surface area (Å²) in [5.41, 5.74) is 3.12. The number of aliphatic hydroxyl groups is 1. The van der Waals surface area contributed by atoms with Gasteiger partial charge < -0.3 is 10.4 Å². The van der Waals surface area contributed by atoms with Crippen LogP contribution in [0, 0.1) is 11.3 Å². The zero-order chi connectivity index (χ0) is 14.8. The molecule has 1 aromatic rings. The van der Waals surface area contributed by atoms with Crippen LogP contribution in [0.2, 0.25) is 0 Å². The SMILES string of the molecule is CC(C)CC(O)CNC1c2ccccc2CCC1(C)C. The van der Waals surface area contributed by atoms with Crippen LogP contribution in [0.15, 0.2) is 24.3 Å². The lowest BCUT2D eigenvalue weighted by Crippen LogP contribution is -2.41. The highest BCUT2D eigenvalue weighted by Crippen LogP contribution is 2.43. The minimum absolute atomic E-state index is 0.242. The number of hydrogen-bond donors (Lipinski definition) is 2. The van der Waals surface area contributed by atoms with Gasteiger partial charge in [-0.3, -0.25) is 0 Å². The normalized spacial score (nSPS) is 22.6. The smallest absolute Gasteiger partial charge is 0.0667 e. The molecule has 1 aromatic carbocycles. The summed E-state index contributed by atoms with van der Waals surface area (Å²) in [6.45, 7) is 9.65. The topological polar surface area (TPSA) is 32.3 Å². The second-order valence-electron chi connectivity index (χ2n) is 7.31. The average Bonchev–Trinajstić information content (AvgIpc) is 2.36. The van der Waals surface area contributed by atoms with Crippen molar-refractivity contribution in [3.05, 3.63) is 35.4 Å². The Morgan fingerprint density at radius 3 is 2.70 bits per heavy atom. The molecule has 2 rings (SSSR count). The molecule has 0 aliphatic heterocycles. The van der Waals surface area contributed by atoms with Crippen LogP contribution < -0.4 is 5.32 Å². The molecule has 0 amide bonds. The molecule has 0 spiro atoms. The lowest BCUT2D eigenvalue weighted by atomic mass is 9.70. The summed E-state index contributed by atoms with van der Waals surface area (Å²) in [5, 5.41) is 13.7. The van der Waals surface area contributed by atoms with Crippen molar-refractivity contribution < 1.29 is 5.11 Å². The number of benzene rings is 1. The van der Waals surface area contributed by atoms with E-state index in [0.29, 0.717) is 18.5 Å². The maximum Gasteiger partial charge on any atom is 0.0667 e. The minimum atomic E-state index is -0.250. The fraction of sp³-hybridized carbons (Fsp3) is 0.667. The molecule has 112 valence electrons. The summed E-state index contributed by atoms with van der Waals surface area (Å²) in [7, 11) is 0. The Bertz CT molecular complexity index is 439.